The molecule has 0 aliphatic heterocycles. The summed E-state index contributed by atoms with van der Waals surface area (Å²) in [6.07, 6.45) is 1.44. The van der Waals surface area contributed by atoms with Gasteiger partial charge in [-0.2, -0.15) is 5.10 Å². The third kappa shape index (κ3) is 6.17. The van der Waals surface area contributed by atoms with Gasteiger partial charge in [0, 0.05) is 27.6 Å². The van der Waals surface area contributed by atoms with E-state index in [1.54, 1.807) is 24.3 Å². The van der Waals surface area contributed by atoms with E-state index in [1.165, 1.54) is 6.21 Å². The molecular weight excluding hydrogens is 412 g/mol. The SMILES string of the molecule is Cc1ccc(NC(=O)C(=O)N/N=C\c2cc(Cl)ccc2Nc2cc(C)ccc2C)cc1. The summed E-state index contributed by atoms with van der Waals surface area (Å²) in [6.45, 7) is 5.97. The number of hydrogen-bond donors (Lipinski definition) is 3. The van der Waals surface area contributed by atoms with Crippen LogP contribution in [0.2, 0.25) is 5.02 Å². The Morgan fingerprint density at radius 1 is 0.839 bits per heavy atom. The Kier molecular flexibility index (Phi) is 7.05. The van der Waals surface area contributed by atoms with Crippen molar-refractivity contribution in [2.75, 3.05) is 10.6 Å². The first-order valence-electron chi connectivity index (χ1n) is 9.67. The highest BCUT2D eigenvalue weighted by Gasteiger charge is 2.13. The molecule has 3 aromatic rings. The molecule has 31 heavy (non-hydrogen) atoms. The Hall–Kier alpha value is -3.64. The molecule has 0 aliphatic carbocycles. The number of nitrogens with one attached hydrogen (secondary N) is 3. The van der Waals surface area contributed by atoms with Gasteiger partial charge in [0.2, 0.25) is 0 Å². The fraction of sp³-hybridized carbons (Fsp3) is 0.125. The summed E-state index contributed by atoms with van der Waals surface area (Å²) in [6, 6.07) is 18.6. The maximum Gasteiger partial charge on any atom is 0.329 e. The van der Waals surface area contributed by atoms with Crippen molar-refractivity contribution in [1.82, 2.24) is 5.43 Å². The number of hydrazone groups is 1. The largest absolute Gasteiger partial charge is 0.355 e. The Labute approximate surface area is 186 Å². The number of nitrogens with zero attached hydrogens (tertiary/aromatic N) is 1. The van der Waals surface area contributed by atoms with Crippen LogP contribution in [-0.2, 0) is 9.59 Å². The van der Waals surface area contributed by atoms with Gasteiger partial charge < -0.3 is 10.6 Å². The van der Waals surface area contributed by atoms with Crippen molar-refractivity contribution in [2.45, 2.75) is 20.8 Å². The van der Waals surface area contributed by atoms with Crippen LogP contribution in [0.15, 0.2) is 65.8 Å². The highest BCUT2D eigenvalue weighted by atomic mass is 35.5. The fourth-order valence-corrected chi connectivity index (χ4v) is 2.99. The summed E-state index contributed by atoms with van der Waals surface area (Å²) < 4.78 is 0. The number of halogens is 1. The van der Waals surface area contributed by atoms with Crippen molar-refractivity contribution < 1.29 is 9.59 Å². The number of anilines is 3. The van der Waals surface area contributed by atoms with Gasteiger partial charge in [0.15, 0.2) is 0 Å². The minimum atomic E-state index is -0.872. The van der Waals surface area contributed by atoms with Gasteiger partial charge in [0.05, 0.1) is 6.21 Å². The van der Waals surface area contributed by atoms with Gasteiger partial charge in [-0.3, -0.25) is 9.59 Å². The van der Waals surface area contributed by atoms with Gasteiger partial charge in [-0.15, -0.1) is 0 Å². The molecule has 3 N–H and O–H groups in total. The average molecular weight is 435 g/mol. The molecule has 2 amide bonds. The summed E-state index contributed by atoms with van der Waals surface area (Å²) in [5.74, 6) is -1.68. The predicted molar refractivity (Wildman–Crippen MR) is 126 cm³/mol. The van der Waals surface area contributed by atoms with Crippen LogP contribution in [0.3, 0.4) is 0 Å². The van der Waals surface area contributed by atoms with Crippen molar-refractivity contribution in [3.8, 4) is 0 Å². The third-order valence-electron chi connectivity index (χ3n) is 4.56. The van der Waals surface area contributed by atoms with Crippen LogP contribution in [0.4, 0.5) is 17.1 Å². The summed E-state index contributed by atoms with van der Waals surface area (Å²) in [5.41, 5.74) is 8.42. The highest BCUT2D eigenvalue weighted by molar-refractivity contribution is 6.39. The Morgan fingerprint density at radius 2 is 1.55 bits per heavy atom. The van der Waals surface area contributed by atoms with Gasteiger partial charge in [-0.25, -0.2) is 5.43 Å². The van der Waals surface area contributed by atoms with E-state index in [4.69, 9.17) is 11.6 Å². The standard InChI is InChI=1S/C24H23ClN4O2/c1-15-5-9-20(10-6-15)27-23(30)24(31)29-26-14-18-13-19(25)8-11-21(18)28-22-12-16(2)4-7-17(22)3/h4-14,28H,1-3H3,(H,27,30)(H,29,31)/b26-14-. The maximum atomic E-state index is 12.1. The number of carbonyl (C=O) groups excluding carboxylic acids is 2. The minimum absolute atomic E-state index is 0.524. The van der Waals surface area contributed by atoms with E-state index in [1.807, 2.05) is 57.2 Å². The van der Waals surface area contributed by atoms with Crippen LogP contribution in [-0.4, -0.2) is 18.0 Å². The van der Waals surface area contributed by atoms with Gasteiger partial charge in [0.1, 0.15) is 0 Å². The number of carbonyl (C=O) groups is 2. The number of rotatable bonds is 5. The van der Waals surface area contributed by atoms with Gasteiger partial charge in [-0.1, -0.05) is 41.4 Å². The number of aryl methyl sites for hydroxylation is 3. The second-order valence-corrected chi connectivity index (χ2v) is 7.63. The molecule has 158 valence electrons. The Balaban J connectivity index is 1.69. The normalized spacial score (nSPS) is 10.7. The molecule has 0 heterocycles. The number of benzene rings is 3. The summed E-state index contributed by atoms with van der Waals surface area (Å²) in [7, 11) is 0. The van der Waals surface area contributed by atoms with Crippen LogP contribution in [0, 0.1) is 20.8 Å². The molecule has 7 heteroatoms. The molecule has 0 spiro atoms. The third-order valence-corrected chi connectivity index (χ3v) is 4.80. The predicted octanol–water partition coefficient (Wildman–Crippen LogP) is 5.10. The van der Waals surface area contributed by atoms with Crippen molar-refractivity contribution in [3.05, 3.63) is 87.9 Å². The summed E-state index contributed by atoms with van der Waals surface area (Å²) in [5, 5.41) is 10.3. The lowest BCUT2D eigenvalue weighted by Crippen LogP contribution is -2.32. The summed E-state index contributed by atoms with van der Waals surface area (Å²) in [4.78, 5) is 24.1. The van der Waals surface area contributed by atoms with Crippen molar-refractivity contribution in [2.24, 2.45) is 5.10 Å². The molecule has 0 fully saturated rings. The van der Waals surface area contributed by atoms with E-state index in [2.05, 4.69) is 21.2 Å². The molecule has 6 nitrogen and oxygen atoms in total. The minimum Gasteiger partial charge on any atom is -0.355 e. The molecule has 0 radical (unpaired) electrons. The number of hydrogen-bond acceptors (Lipinski definition) is 4. The molecule has 3 rings (SSSR count). The highest BCUT2D eigenvalue weighted by Crippen LogP contribution is 2.26. The molecule has 3 aromatic carbocycles. The van der Waals surface area contributed by atoms with Crippen LogP contribution in [0.1, 0.15) is 22.3 Å². The Morgan fingerprint density at radius 3 is 2.29 bits per heavy atom. The zero-order valence-electron chi connectivity index (χ0n) is 17.5. The lowest BCUT2D eigenvalue weighted by molar-refractivity contribution is -0.136. The van der Waals surface area contributed by atoms with Crippen LogP contribution < -0.4 is 16.1 Å². The molecule has 0 bridgehead atoms. The lowest BCUT2D eigenvalue weighted by atomic mass is 10.1. The van der Waals surface area contributed by atoms with Crippen molar-refractivity contribution in [1.29, 1.82) is 0 Å². The Bertz CT molecular complexity index is 1140. The molecule has 0 saturated heterocycles. The maximum absolute atomic E-state index is 12.1. The van der Waals surface area contributed by atoms with E-state index in [0.29, 0.717) is 16.3 Å². The van der Waals surface area contributed by atoms with E-state index in [0.717, 1.165) is 28.1 Å². The smallest absolute Gasteiger partial charge is 0.329 e. The van der Waals surface area contributed by atoms with Crippen LogP contribution in [0.5, 0.6) is 0 Å². The van der Waals surface area contributed by atoms with E-state index in [9.17, 15) is 9.59 Å². The first-order valence-corrected chi connectivity index (χ1v) is 10.0. The molecular formula is C24H23ClN4O2. The van der Waals surface area contributed by atoms with Crippen molar-refractivity contribution >= 4 is 46.7 Å². The first kappa shape index (κ1) is 22.1. The lowest BCUT2D eigenvalue weighted by Gasteiger charge is -2.13. The van der Waals surface area contributed by atoms with Gasteiger partial charge >= 0.3 is 11.8 Å². The summed E-state index contributed by atoms with van der Waals surface area (Å²) >= 11 is 6.13. The second kappa shape index (κ2) is 9.91. The first-order chi connectivity index (χ1) is 14.8. The van der Waals surface area contributed by atoms with Gasteiger partial charge in [-0.05, 0) is 68.3 Å². The van der Waals surface area contributed by atoms with Gasteiger partial charge in [0.25, 0.3) is 0 Å². The molecule has 0 saturated carbocycles. The molecule has 0 atom stereocenters. The molecule has 0 unspecified atom stereocenters. The molecule has 0 aliphatic rings. The fourth-order valence-electron chi connectivity index (χ4n) is 2.81. The zero-order valence-corrected chi connectivity index (χ0v) is 18.2. The van der Waals surface area contributed by atoms with Crippen molar-refractivity contribution in [3.63, 3.8) is 0 Å². The average Bonchev–Trinajstić information content (AvgIpc) is 2.74. The van der Waals surface area contributed by atoms with Crippen LogP contribution >= 0.6 is 11.6 Å². The molecule has 0 aromatic heterocycles. The quantitative estimate of drug-likeness (QED) is 0.297. The zero-order chi connectivity index (χ0) is 22.4. The van der Waals surface area contributed by atoms with E-state index < -0.39 is 11.8 Å². The van der Waals surface area contributed by atoms with Crippen LogP contribution in [0.25, 0.3) is 0 Å². The monoisotopic (exact) mass is 434 g/mol. The topological polar surface area (TPSA) is 82.6 Å². The van der Waals surface area contributed by atoms with E-state index in [-0.39, 0.29) is 0 Å². The van der Waals surface area contributed by atoms with E-state index >= 15 is 0 Å². The number of amides is 2. The second-order valence-electron chi connectivity index (χ2n) is 7.19.